The Kier molecular flexibility index (Phi) is 6.06. The number of nitrogens with one attached hydrogen (secondary N) is 2. The lowest BCUT2D eigenvalue weighted by Gasteiger charge is -2.10. The minimum Gasteiger partial charge on any atom is -0.362 e. The zero-order chi connectivity index (χ0) is 16.1. The van der Waals surface area contributed by atoms with Crippen molar-refractivity contribution >= 4 is 46.4 Å². The van der Waals surface area contributed by atoms with E-state index < -0.39 is 0 Å². The van der Waals surface area contributed by atoms with E-state index in [1.54, 1.807) is 10.9 Å². The minimum absolute atomic E-state index is 0.507. The van der Waals surface area contributed by atoms with E-state index in [2.05, 4.69) is 29.6 Å². The van der Waals surface area contributed by atoms with Crippen molar-refractivity contribution in [3.8, 4) is 0 Å². The number of anilines is 1. The third kappa shape index (κ3) is 4.87. The van der Waals surface area contributed by atoms with Crippen LogP contribution in [0.4, 0.5) is 5.82 Å². The molecule has 4 nitrogen and oxygen atoms in total. The number of aromatic nitrogens is 2. The van der Waals surface area contributed by atoms with Gasteiger partial charge in [0.15, 0.2) is 10.9 Å². The van der Waals surface area contributed by atoms with Gasteiger partial charge in [0, 0.05) is 17.8 Å². The van der Waals surface area contributed by atoms with Crippen LogP contribution in [0.15, 0.2) is 30.5 Å². The fourth-order valence-electron chi connectivity index (χ4n) is 1.81. The fraction of sp³-hybridized carbons (Fsp3) is 0.333. The molecule has 1 aromatic heterocycles. The molecule has 0 unspecified atom stereocenters. The topological polar surface area (TPSA) is 41.9 Å². The summed E-state index contributed by atoms with van der Waals surface area (Å²) in [5.41, 5.74) is 0.982. The second kappa shape index (κ2) is 7.81. The van der Waals surface area contributed by atoms with Crippen LogP contribution in [-0.4, -0.2) is 21.4 Å². The molecule has 0 saturated heterocycles. The van der Waals surface area contributed by atoms with Crippen molar-refractivity contribution in [3.05, 3.63) is 46.1 Å². The predicted octanol–water partition coefficient (Wildman–Crippen LogP) is 4.18. The van der Waals surface area contributed by atoms with Crippen LogP contribution in [-0.2, 0) is 6.54 Å². The summed E-state index contributed by atoms with van der Waals surface area (Å²) in [4.78, 5) is 0. The molecule has 0 radical (unpaired) electrons. The molecule has 0 aliphatic carbocycles. The molecular formula is C15H18Cl2N4S. The molecule has 1 aromatic carbocycles. The monoisotopic (exact) mass is 356 g/mol. The first-order valence-corrected chi connectivity index (χ1v) is 8.13. The van der Waals surface area contributed by atoms with Gasteiger partial charge < -0.3 is 10.6 Å². The first-order valence-electron chi connectivity index (χ1n) is 6.97. The second-order valence-electron chi connectivity index (χ2n) is 5.34. The van der Waals surface area contributed by atoms with Crippen LogP contribution < -0.4 is 10.6 Å². The van der Waals surface area contributed by atoms with Crippen LogP contribution in [0.2, 0.25) is 10.0 Å². The number of rotatable bonds is 5. The summed E-state index contributed by atoms with van der Waals surface area (Å²) in [5, 5.41) is 12.3. The molecule has 0 atom stereocenters. The zero-order valence-electron chi connectivity index (χ0n) is 12.4. The Labute approximate surface area is 145 Å². The molecule has 0 spiro atoms. The maximum absolute atomic E-state index is 6.19. The standard InChI is InChI=1S/C15H18Cl2N4S/c1-10(2)7-18-15(22)19-14-13(17)9-21(20-14)8-11-5-3-4-6-12(11)16/h3-6,9-10H,7-8H2,1-2H3,(H2,18,19,20,22). The Morgan fingerprint density at radius 3 is 2.68 bits per heavy atom. The predicted molar refractivity (Wildman–Crippen MR) is 96.9 cm³/mol. The summed E-state index contributed by atoms with van der Waals surface area (Å²) in [6.45, 7) is 5.57. The molecule has 2 aromatic rings. The highest BCUT2D eigenvalue weighted by Crippen LogP contribution is 2.21. The van der Waals surface area contributed by atoms with E-state index in [0.717, 1.165) is 12.1 Å². The van der Waals surface area contributed by atoms with Crippen LogP contribution in [0, 0.1) is 5.92 Å². The van der Waals surface area contributed by atoms with E-state index in [4.69, 9.17) is 35.4 Å². The van der Waals surface area contributed by atoms with Gasteiger partial charge in [0.05, 0.1) is 6.54 Å². The van der Waals surface area contributed by atoms with E-state index in [1.807, 2.05) is 24.3 Å². The van der Waals surface area contributed by atoms with E-state index in [1.165, 1.54) is 0 Å². The number of hydrogen-bond acceptors (Lipinski definition) is 2. The van der Waals surface area contributed by atoms with Gasteiger partial charge in [-0.2, -0.15) is 5.10 Å². The van der Waals surface area contributed by atoms with E-state index in [9.17, 15) is 0 Å². The van der Waals surface area contributed by atoms with Gasteiger partial charge >= 0.3 is 0 Å². The number of halogens is 2. The van der Waals surface area contributed by atoms with E-state index in [-0.39, 0.29) is 0 Å². The number of thiocarbonyl (C=S) groups is 1. The average molecular weight is 357 g/mol. The Morgan fingerprint density at radius 2 is 2.00 bits per heavy atom. The largest absolute Gasteiger partial charge is 0.362 e. The lowest BCUT2D eigenvalue weighted by atomic mass is 10.2. The molecule has 1 heterocycles. The lowest BCUT2D eigenvalue weighted by Crippen LogP contribution is -2.31. The van der Waals surface area contributed by atoms with E-state index >= 15 is 0 Å². The minimum atomic E-state index is 0.507. The normalized spacial score (nSPS) is 10.8. The smallest absolute Gasteiger partial charge is 0.173 e. The lowest BCUT2D eigenvalue weighted by molar-refractivity contribution is 0.627. The third-order valence-electron chi connectivity index (χ3n) is 2.91. The number of hydrogen-bond donors (Lipinski definition) is 2. The van der Waals surface area contributed by atoms with Crippen molar-refractivity contribution in [1.82, 2.24) is 15.1 Å². The molecule has 0 amide bonds. The maximum atomic E-state index is 6.19. The molecule has 118 valence electrons. The summed E-state index contributed by atoms with van der Waals surface area (Å²) in [5.74, 6) is 1.04. The first-order chi connectivity index (χ1) is 10.5. The molecule has 0 aliphatic rings. The van der Waals surface area contributed by atoms with Crippen molar-refractivity contribution in [2.24, 2.45) is 5.92 Å². The third-order valence-corrected chi connectivity index (χ3v) is 3.80. The average Bonchev–Trinajstić information content (AvgIpc) is 2.79. The summed E-state index contributed by atoms with van der Waals surface area (Å²) < 4.78 is 1.73. The molecule has 0 bridgehead atoms. The van der Waals surface area contributed by atoms with Crippen LogP contribution in [0.5, 0.6) is 0 Å². The van der Waals surface area contributed by atoms with Crippen molar-refractivity contribution < 1.29 is 0 Å². The van der Waals surface area contributed by atoms with Gasteiger partial charge in [0.2, 0.25) is 0 Å². The summed E-state index contributed by atoms with van der Waals surface area (Å²) in [6, 6.07) is 7.65. The molecule has 22 heavy (non-hydrogen) atoms. The van der Waals surface area contributed by atoms with E-state index in [0.29, 0.717) is 33.4 Å². The zero-order valence-corrected chi connectivity index (χ0v) is 14.8. The van der Waals surface area contributed by atoms with Crippen molar-refractivity contribution in [2.45, 2.75) is 20.4 Å². The van der Waals surface area contributed by atoms with Gasteiger partial charge in [-0.15, -0.1) is 0 Å². The quantitative estimate of drug-likeness (QED) is 0.788. The summed E-state index contributed by atoms with van der Waals surface area (Å²) >= 11 is 17.6. The van der Waals surface area contributed by atoms with Crippen LogP contribution in [0.1, 0.15) is 19.4 Å². The highest BCUT2D eigenvalue weighted by atomic mass is 35.5. The SMILES string of the molecule is CC(C)CNC(=S)Nc1nn(Cc2ccccc2Cl)cc1Cl. The Balaban J connectivity index is 2.02. The molecule has 0 aliphatic heterocycles. The molecule has 2 rings (SSSR count). The summed E-state index contributed by atoms with van der Waals surface area (Å²) in [6.07, 6.45) is 1.75. The second-order valence-corrected chi connectivity index (χ2v) is 6.57. The highest BCUT2D eigenvalue weighted by molar-refractivity contribution is 7.80. The highest BCUT2D eigenvalue weighted by Gasteiger charge is 2.10. The van der Waals surface area contributed by atoms with Gasteiger partial charge in [0.25, 0.3) is 0 Å². The van der Waals surface area contributed by atoms with Crippen LogP contribution >= 0.6 is 35.4 Å². The summed E-state index contributed by atoms with van der Waals surface area (Å²) in [7, 11) is 0. The first kappa shape index (κ1) is 17.1. The molecule has 7 heteroatoms. The van der Waals surface area contributed by atoms with Gasteiger partial charge in [-0.3, -0.25) is 4.68 Å². The molecule has 0 saturated carbocycles. The molecule has 0 fully saturated rings. The van der Waals surface area contributed by atoms with Gasteiger partial charge in [-0.05, 0) is 29.8 Å². The molecular weight excluding hydrogens is 339 g/mol. The Hall–Kier alpha value is -1.30. The van der Waals surface area contributed by atoms with Crippen LogP contribution in [0.3, 0.4) is 0 Å². The maximum Gasteiger partial charge on any atom is 0.173 e. The van der Waals surface area contributed by atoms with Crippen molar-refractivity contribution in [2.75, 3.05) is 11.9 Å². The number of benzene rings is 1. The van der Waals surface area contributed by atoms with Crippen molar-refractivity contribution in [1.29, 1.82) is 0 Å². The Bertz CT molecular complexity index is 655. The van der Waals surface area contributed by atoms with Crippen molar-refractivity contribution in [3.63, 3.8) is 0 Å². The van der Waals surface area contributed by atoms with Gasteiger partial charge in [-0.25, -0.2) is 0 Å². The van der Waals surface area contributed by atoms with Gasteiger partial charge in [0.1, 0.15) is 5.02 Å². The van der Waals surface area contributed by atoms with Gasteiger partial charge in [-0.1, -0.05) is 55.2 Å². The molecule has 2 N–H and O–H groups in total. The Morgan fingerprint density at radius 1 is 1.27 bits per heavy atom. The fourth-order valence-corrected chi connectivity index (χ4v) is 2.39. The van der Waals surface area contributed by atoms with Crippen LogP contribution in [0.25, 0.3) is 0 Å². The number of nitrogens with zero attached hydrogens (tertiary/aromatic N) is 2.